The van der Waals surface area contributed by atoms with E-state index in [2.05, 4.69) is 6.92 Å². The predicted molar refractivity (Wildman–Crippen MR) is 42.0 cm³/mol. The Kier molecular flexibility index (Phi) is 3.35. The summed E-state index contributed by atoms with van der Waals surface area (Å²) in [4.78, 5) is 0. The minimum absolute atomic E-state index is 0.657. The van der Waals surface area contributed by atoms with Crippen molar-refractivity contribution in [1.29, 1.82) is 0 Å². The first-order valence-corrected chi connectivity index (χ1v) is 5.81. The summed E-state index contributed by atoms with van der Waals surface area (Å²) in [5, 5.41) is 0. The van der Waals surface area contributed by atoms with Gasteiger partial charge in [-0.2, -0.15) is 0 Å². The lowest BCUT2D eigenvalue weighted by atomic mass is 10.0. The summed E-state index contributed by atoms with van der Waals surface area (Å²) in [6, 6.07) is 0.741. The normalized spacial score (nSPS) is 34.2. The fraction of sp³-hybridized carbons (Fsp3) is 1.00. The van der Waals surface area contributed by atoms with Crippen LogP contribution in [0.5, 0.6) is 0 Å². The molecular formula is C7H15FOSi. The summed E-state index contributed by atoms with van der Waals surface area (Å²) >= 11 is 0. The molecule has 0 aromatic heterocycles. The number of hydrogen-bond acceptors (Lipinski definition) is 1. The van der Waals surface area contributed by atoms with Gasteiger partial charge in [0.25, 0.3) is 0 Å². The molecular weight excluding hydrogens is 147 g/mol. The molecule has 0 saturated carbocycles. The van der Waals surface area contributed by atoms with E-state index in [1.165, 1.54) is 12.8 Å². The van der Waals surface area contributed by atoms with Crippen molar-refractivity contribution < 1.29 is 8.53 Å². The second-order valence-corrected chi connectivity index (χ2v) is 4.71. The number of halogens is 1. The van der Waals surface area contributed by atoms with Crippen LogP contribution in [0, 0.1) is 5.92 Å². The number of rotatable bonds is 2. The van der Waals surface area contributed by atoms with Crippen molar-refractivity contribution >= 4 is 9.37 Å². The quantitative estimate of drug-likeness (QED) is 0.446. The summed E-state index contributed by atoms with van der Waals surface area (Å²) in [6.07, 6.45) is 3.48. The van der Waals surface area contributed by atoms with Gasteiger partial charge in [0.1, 0.15) is 0 Å². The van der Waals surface area contributed by atoms with Gasteiger partial charge in [-0.3, -0.25) is 4.11 Å². The molecule has 0 aromatic rings. The molecule has 0 aliphatic carbocycles. The van der Waals surface area contributed by atoms with Gasteiger partial charge in [-0.1, -0.05) is 13.3 Å². The Balaban J connectivity index is 2.13. The minimum atomic E-state index is -2.16. The molecule has 2 unspecified atom stereocenters. The Morgan fingerprint density at radius 2 is 2.50 bits per heavy atom. The summed E-state index contributed by atoms with van der Waals surface area (Å²) in [7, 11) is -2.16. The van der Waals surface area contributed by atoms with Crippen LogP contribution in [0.3, 0.4) is 0 Å². The topological polar surface area (TPSA) is 9.23 Å². The second-order valence-electron chi connectivity index (χ2n) is 2.98. The largest absolute Gasteiger partial charge is 0.393 e. The molecule has 1 aliphatic heterocycles. The fourth-order valence-electron chi connectivity index (χ4n) is 1.41. The molecule has 0 aromatic carbocycles. The van der Waals surface area contributed by atoms with Gasteiger partial charge in [0.15, 0.2) is 0 Å². The van der Waals surface area contributed by atoms with E-state index in [0.29, 0.717) is 12.5 Å². The van der Waals surface area contributed by atoms with Crippen LogP contribution < -0.4 is 0 Å². The Morgan fingerprint density at radius 3 is 3.00 bits per heavy atom. The minimum Gasteiger partial charge on any atom is -0.393 e. The van der Waals surface area contributed by atoms with Gasteiger partial charge in [-0.15, -0.1) is 0 Å². The lowest BCUT2D eigenvalue weighted by Gasteiger charge is -2.23. The smallest absolute Gasteiger partial charge is 0.368 e. The summed E-state index contributed by atoms with van der Waals surface area (Å²) < 4.78 is 17.5. The highest BCUT2D eigenvalue weighted by atomic mass is 28.3. The summed E-state index contributed by atoms with van der Waals surface area (Å²) in [5.74, 6) is 0.657. The lowest BCUT2D eigenvalue weighted by molar-refractivity contribution is 0.189. The highest BCUT2D eigenvalue weighted by Crippen LogP contribution is 2.21. The molecule has 0 amide bonds. The highest BCUT2D eigenvalue weighted by Gasteiger charge is 2.21. The molecule has 60 valence electrons. The zero-order valence-electron chi connectivity index (χ0n) is 6.48. The van der Waals surface area contributed by atoms with Crippen LogP contribution in [0.2, 0.25) is 6.04 Å². The third-order valence-corrected chi connectivity index (χ3v) is 3.35. The van der Waals surface area contributed by atoms with Crippen molar-refractivity contribution in [3.05, 3.63) is 0 Å². The maximum atomic E-state index is 12.5. The van der Waals surface area contributed by atoms with Gasteiger partial charge in [0, 0.05) is 6.61 Å². The monoisotopic (exact) mass is 162 g/mol. The number of hydrogen-bond donors (Lipinski definition) is 0. The molecule has 1 nitrogen and oxygen atoms in total. The van der Waals surface area contributed by atoms with Gasteiger partial charge in [-0.25, -0.2) is 0 Å². The van der Waals surface area contributed by atoms with Crippen LogP contribution in [0.4, 0.5) is 4.11 Å². The van der Waals surface area contributed by atoms with Gasteiger partial charge < -0.3 is 4.43 Å². The van der Waals surface area contributed by atoms with Crippen LogP contribution in [-0.4, -0.2) is 16.0 Å². The van der Waals surface area contributed by atoms with Crippen molar-refractivity contribution in [2.75, 3.05) is 6.61 Å². The van der Waals surface area contributed by atoms with Gasteiger partial charge in [0.05, 0.1) is 0 Å². The zero-order chi connectivity index (χ0) is 7.40. The van der Waals surface area contributed by atoms with Crippen LogP contribution in [0.25, 0.3) is 0 Å². The third-order valence-electron chi connectivity index (χ3n) is 2.01. The molecule has 0 radical (unpaired) electrons. The lowest BCUT2D eigenvalue weighted by Crippen LogP contribution is -2.25. The molecule has 2 atom stereocenters. The van der Waals surface area contributed by atoms with E-state index in [-0.39, 0.29) is 0 Å². The van der Waals surface area contributed by atoms with E-state index >= 15 is 0 Å². The highest BCUT2D eigenvalue weighted by molar-refractivity contribution is 6.43. The summed E-state index contributed by atoms with van der Waals surface area (Å²) in [6.45, 7) is 2.86. The molecule has 1 rings (SSSR count). The first kappa shape index (κ1) is 8.21. The molecule has 1 saturated heterocycles. The standard InChI is InChI=1S/C7H15FOSi/c1-2-3-7-4-5-10(8)9-6-7/h7,10H,2-6H2,1H3. The van der Waals surface area contributed by atoms with Gasteiger partial charge in [0.2, 0.25) is 0 Å². The average molecular weight is 162 g/mol. The Morgan fingerprint density at radius 1 is 1.70 bits per heavy atom. The van der Waals surface area contributed by atoms with E-state index in [9.17, 15) is 4.11 Å². The van der Waals surface area contributed by atoms with Crippen molar-refractivity contribution in [3.8, 4) is 0 Å². The Bertz CT molecular complexity index is 91.6. The molecule has 1 fully saturated rings. The molecule has 1 heterocycles. The van der Waals surface area contributed by atoms with E-state index in [4.69, 9.17) is 4.43 Å². The first-order chi connectivity index (χ1) is 4.83. The molecule has 0 N–H and O–H groups in total. The molecule has 1 aliphatic rings. The van der Waals surface area contributed by atoms with Crippen molar-refractivity contribution in [2.24, 2.45) is 5.92 Å². The van der Waals surface area contributed by atoms with Crippen LogP contribution >= 0.6 is 0 Å². The fourth-order valence-corrected chi connectivity index (χ4v) is 2.79. The van der Waals surface area contributed by atoms with Gasteiger partial charge >= 0.3 is 9.37 Å². The second kappa shape index (κ2) is 4.08. The van der Waals surface area contributed by atoms with Crippen LogP contribution in [-0.2, 0) is 4.43 Å². The zero-order valence-corrected chi connectivity index (χ0v) is 7.63. The molecule has 10 heavy (non-hydrogen) atoms. The van der Waals surface area contributed by atoms with E-state index in [1.54, 1.807) is 0 Å². The first-order valence-electron chi connectivity index (χ1n) is 4.08. The Labute approximate surface area is 63.5 Å². The van der Waals surface area contributed by atoms with Crippen LogP contribution in [0.1, 0.15) is 26.2 Å². The average Bonchev–Trinajstić information content (AvgIpc) is 1.95. The predicted octanol–water partition coefficient (Wildman–Crippen LogP) is 2.01. The molecule has 0 bridgehead atoms. The SMILES string of the molecule is CCCC1CC[SiH](F)OC1. The third kappa shape index (κ3) is 2.38. The summed E-state index contributed by atoms with van der Waals surface area (Å²) in [5.41, 5.74) is 0. The van der Waals surface area contributed by atoms with E-state index < -0.39 is 9.37 Å². The van der Waals surface area contributed by atoms with E-state index in [0.717, 1.165) is 12.5 Å². The maximum absolute atomic E-state index is 12.5. The van der Waals surface area contributed by atoms with Crippen molar-refractivity contribution in [1.82, 2.24) is 0 Å². The van der Waals surface area contributed by atoms with Crippen LogP contribution in [0.15, 0.2) is 0 Å². The van der Waals surface area contributed by atoms with E-state index in [1.807, 2.05) is 0 Å². The molecule has 0 spiro atoms. The van der Waals surface area contributed by atoms with Crippen molar-refractivity contribution in [3.63, 3.8) is 0 Å². The van der Waals surface area contributed by atoms with Gasteiger partial charge in [-0.05, 0) is 24.8 Å². The molecule has 3 heteroatoms. The maximum Gasteiger partial charge on any atom is 0.368 e. The van der Waals surface area contributed by atoms with Crippen molar-refractivity contribution in [2.45, 2.75) is 32.2 Å². The Hall–Kier alpha value is 0.107.